The number of aromatic carboxylic acids is 1. The molecule has 0 saturated heterocycles. The zero-order valence-corrected chi connectivity index (χ0v) is 9.12. The molecule has 0 unspecified atom stereocenters. The van der Waals surface area contributed by atoms with Crippen LogP contribution < -0.4 is 4.74 Å². The summed E-state index contributed by atoms with van der Waals surface area (Å²) in [6.07, 6.45) is 3.02. The molecule has 1 heterocycles. The second-order valence-corrected chi connectivity index (χ2v) is 3.31. The summed E-state index contributed by atoms with van der Waals surface area (Å²) in [5, 5.41) is 9.06. The molecule has 0 aliphatic carbocycles. The minimum Gasteiger partial charge on any atom is -0.496 e. The van der Waals surface area contributed by atoms with Gasteiger partial charge in [0, 0.05) is 11.8 Å². The fourth-order valence-corrected chi connectivity index (χ4v) is 1.50. The Kier molecular flexibility index (Phi) is 3.00. The van der Waals surface area contributed by atoms with Gasteiger partial charge in [0.25, 0.3) is 0 Å². The highest BCUT2D eigenvalue weighted by molar-refractivity contribution is 5.92. The van der Waals surface area contributed by atoms with Crippen LogP contribution in [-0.4, -0.2) is 28.2 Å². The zero-order valence-electron chi connectivity index (χ0n) is 9.12. The fourth-order valence-electron chi connectivity index (χ4n) is 1.50. The van der Waals surface area contributed by atoms with E-state index < -0.39 is 5.97 Å². The predicted molar refractivity (Wildman–Crippen MR) is 61.0 cm³/mol. The maximum absolute atomic E-state index is 11.1. The van der Waals surface area contributed by atoms with Crippen LogP contribution in [0.5, 0.6) is 5.75 Å². The molecule has 1 aromatic heterocycles. The highest BCUT2D eigenvalue weighted by atomic mass is 16.5. The second kappa shape index (κ2) is 4.61. The normalized spacial score (nSPS) is 9.94. The summed E-state index contributed by atoms with van der Waals surface area (Å²) in [7, 11) is 1.44. The van der Waals surface area contributed by atoms with Gasteiger partial charge in [-0.25, -0.2) is 14.8 Å². The summed E-state index contributed by atoms with van der Waals surface area (Å²) in [5.74, 6) is -0.701. The van der Waals surface area contributed by atoms with E-state index in [1.54, 1.807) is 24.4 Å². The first-order chi connectivity index (χ1) is 8.22. The van der Waals surface area contributed by atoms with E-state index in [1.807, 2.05) is 0 Å². The molecule has 86 valence electrons. The van der Waals surface area contributed by atoms with Gasteiger partial charge in [0.1, 0.15) is 17.6 Å². The molecule has 1 N–H and O–H groups in total. The molecule has 0 aliphatic rings. The molecule has 0 spiro atoms. The van der Waals surface area contributed by atoms with Crippen LogP contribution in [0.1, 0.15) is 10.4 Å². The van der Waals surface area contributed by atoms with E-state index in [4.69, 9.17) is 9.84 Å². The molecule has 17 heavy (non-hydrogen) atoms. The van der Waals surface area contributed by atoms with Gasteiger partial charge in [0.05, 0.1) is 12.8 Å². The average Bonchev–Trinajstić information content (AvgIpc) is 2.39. The molecule has 0 bridgehead atoms. The first kappa shape index (κ1) is 11.1. The van der Waals surface area contributed by atoms with Crippen LogP contribution in [0.25, 0.3) is 11.3 Å². The predicted octanol–water partition coefficient (Wildman–Crippen LogP) is 1.85. The summed E-state index contributed by atoms with van der Waals surface area (Å²) in [6, 6.07) is 6.62. The number of carbonyl (C=O) groups is 1. The highest BCUT2D eigenvalue weighted by Gasteiger charge is 2.12. The Morgan fingerprint density at radius 2 is 2.18 bits per heavy atom. The van der Waals surface area contributed by atoms with Crippen LogP contribution >= 0.6 is 0 Å². The average molecular weight is 230 g/mol. The quantitative estimate of drug-likeness (QED) is 0.871. The molecule has 0 fully saturated rings. The van der Waals surface area contributed by atoms with Gasteiger partial charge in [-0.3, -0.25) is 0 Å². The standard InChI is InChI=1S/C12H10N2O3/c1-17-11-3-2-8(6-9(11)12(15)16)10-4-5-13-7-14-10/h2-7H,1H3,(H,15,16). The highest BCUT2D eigenvalue weighted by Crippen LogP contribution is 2.25. The van der Waals surface area contributed by atoms with Crippen molar-refractivity contribution in [2.24, 2.45) is 0 Å². The molecule has 5 nitrogen and oxygen atoms in total. The van der Waals surface area contributed by atoms with Crippen molar-refractivity contribution in [3.05, 3.63) is 42.4 Å². The van der Waals surface area contributed by atoms with Gasteiger partial charge >= 0.3 is 5.97 Å². The number of rotatable bonds is 3. The third-order valence-electron chi connectivity index (χ3n) is 2.31. The van der Waals surface area contributed by atoms with E-state index in [0.717, 1.165) is 0 Å². The summed E-state index contributed by atoms with van der Waals surface area (Å²) in [6.45, 7) is 0. The molecule has 0 aliphatic heterocycles. The first-order valence-electron chi connectivity index (χ1n) is 4.90. The van der Waals surface area contributed by atoms with Gasteiger partial charge in [0.15, 0.2) is 0 Å². The lowest BCUT2D eigenvalue weighted by atomic mass is 10.1. The van der Waals surface area contributed by atoms with E-state index in [9.17, 15) is 4.79 Å². The molecule has 1 aromatic carbocycles. The molecule has 0 atom stereocenters. The van der Waals surface area contributed by atoms with E-state index in [0.29, 0.717) is 17.0 Å². The van der Waals surface area contributed by atoms with Gasteiger partial charge in [-0.05, 0) is 24.3 Å². The lowest BCUT2D eigenvalue weighted by molar-refractivity contribution is 0.0693. The van der Waals surface area contributed by atoms with E-state index in [-0.39, 0.29) is 5.56 Å². The summed E-state index contributed by atoms with van der Waals surface area (Å²) in [5.41, 5.74) is 1.50. The number of carboxylic acids is 1. The molecule has 5 heteroatoms. The minimum absolute atomic E-state index is 0.114. The van der Waals surface area contributed by atoms with Crippen molar-refractivity contribution in [2.75, 3.05) is 7.11 Å². The number of benzene rings is 1. The monoisotopic (exact) mass is 230 g/mol. The Hall–Kier alpha value is -2.43. The van der Waals surface area contributed by atoms with Crippen molar-refractivity contribution in [1.82, 2.24) is 9.97 Å². The molecule has 2 rings (SSSR count). The van der Waals surface area contributed by atoms with Crippen molar-refractivity contribution < 1.29 is 14.6 Å². The number of carboxylic acid groups (broad SMARTS) is 1. The van der Waals surface area contributed by atoms with Crippen LogP contribution in [0.15, 0.2) is 36.8 Å². The summed E-state index contributed by atoms with van der Waals surface area (Å²) in [4.78, 5) is 18.9. The number of hydrogen-bond donors (Lipinski definition) is 1. The van der Waals surface area contributed by atoms with E-state index in [2.05, 4.69) is 9.97 Å². The maximum Gasteiger partial charge on any atom is 0.339 e. The summed E-state index contributed by atoms with van der Waals surface area (Å²) >= 11 is 0. The van der Waals surface area contributed by atoms with Crippen molar-refractivity contribution in [1.29, 1.82) is 0 Å². The van der Waals surface area contributed by atoms with Crippen molar-refractivity contribution in [2.45, 2.75) is 0 Å². The topological polar surface area (TPSA) is 72.3 Å². The smallest absolute Gasteiger partial charge is 0.339 e. The molecular formula is C12H10N2O3. The number of methoxy groups -OCH3 is 1. The van der Waals surface area contributed by atoms with Gasteiger partial charge in [-0.15, -0.1) is 0 Å². The second-order valence-electron chi connectivity index (χ2n) is 3.31. The van der Waals surface area contributed by atoms with Crippen LogP contribution in [-0.2, 0) is 0 Å². The van der Waals surface area contributed by atoms with Crippen molar-refractivity contribution >= 4 is 5.97 Å². The Bertz CT molecular complexity index is 541. The zero-order chi connectivity index (χ0) is 12.3. The van der Waals surface area contributed by atoms with Crippen LogP contribution in [0.2, 0.25) is 0 Å². The van der Waals surface area contributed by atoms with E-state index >= 15 is 0 Å². The van der Waals surface area contributed by atoms with Crippen molar-refractivity contribution in [3.8, 4) is 17.0 Å². The number of aromatic nitrogens is 2. The van der Waals surface area contributed by atoms with Gasteiger partial charge in [0.2, 0.25) is 0 Å². The van der Waals surface area contributed by atoms with Gasteiger partial charge in [-0.2, -0.15) is 0 Å². The van der Waals surface area contributed by atoms with Crippen LogP contribution in [0, 0.1) is 0 Å². The summed E-state index contributed by atoms with van der Waals surface area (Å²) < 4.78 is 4.98. The third-order valence-corrected chi connectivity index (χ3v) is 2.31. The van der Waals surface area contributed by atoms with E-state index in [1.165, 1.54) is 19.5 Å². The Balaban J connectivity index is 2.51. The van der Waals surface area contributed by atoms with Gasteiger partial charge in [-0.1, -0.05) is 0 Å². The number of nitrogens with zero attached hydrogens (tertiary/aromatic N) is 2. The lowest BCUT2D eigenvalue weighted by Gasteiger charge is -2.07. The largest absolute Gasteiger partial charge is 0.496 e. The molecule has 0 amide bonds. The molecule has 2 aromatic rings. The van der Waals surface area contributed by atoms with Crippen LogP contribution in [0.3, 0.4) is 0 Å². The SMILES string of the molecule is COc1ccc(-c2ccncn2)cc1C(=O)O. The number of ether oxygens (including phenoxy) is 1. The molecular weight excluding hydrogens is 220 g/mol. The number of hydrogen-bond acceptors (Lipinski definition) is 4. The first-order valence-corrected chi connectivity index (χ1v) is 4.90. The van der Waals surface area contributed by atoms with Crippen LogP contribution in [0.4, 0.5) is 0 Å². The fraction of sp³-hybridized carbons (Fsp3) is 0.0833. The minimum atomic E-state index is -1.03. The molecule has 0 radical (unpaired) electrons. The van der Waals surface area contributed by atoms with Crippen molar-refractivity contribution in [3.63, 3.8) is 0 Å². The third kappa shape index (κ3) is 2.23. The molecule has 0 saturated carbocycles. The lowest BCUT2D eigenvalue weighted by Crippen LogP contribution is -2.00. The van der Waals surface area contributed by atoms with Gasteiger partial charge < -0.3 is 9.84 Å². The Labute approximate surface area is 97.7 Å². The Morgan fingerprint density at radius 3 is 2.76 bits per heavy atom. The Morgan fingerprint density at radius 1 is 1.35 bits per heavy atom. The maximum atomic E-state index is 11.1.